The third-order valence-corrected chi connectivity index (χ3v) is 2.57. The maximum Gasteiger partial charge on any atom is 0.148 e. The minimum atomic E-state index is 0.320. The minimum absolute atomic E-state index is 0.320. The molecule has 3 N–H and O–H groups in total. The van der Waals surface area contributed by atoms with Crippen molar-refractivity contribution in [2.75, 3.05) is 26.2 Å². The van der Waals surface area contributed by atoms with E-state index in [4.69, 9.17) is 5.26 Å². The first-order valence-electron chi connectivity index (χ1n) is 5.55. The second kappa shape index (κ2) is 7.76. The summed E-state index contributed by atoms with van der Waals surface area (Å²) >= 11 is 0. The van der Waals surface area contributed by atoms with Crippen LogP contribution in [0.25, 0.3) is 0 Å². The van der Waals surface area contributed by atoms with Crippen LogP contribution in [0.4, 0.5) is 0 Å². The average Bonchev–Trinajstić information content (AvgIpc) is 2.63. The first-order chi connectivity index (χ1) is 7.33. The van der Waals surface area contributed by atoms with Gasteiger partial charge in [-0.2, -0.15) is 0 Å². The van der Waals surface area contributed by atoms with Crippen LogP contribution >= 0.6 is 0 Å². The second-order valence-corrected chi connectivity index (χ2v) is 3.90. The predicted octanol–water partition coefficient (Wildman–Crippen LogP) is 0.167. The van der Waals surface area contributed by atoms with Crippen molar-refractivity contribution >= 4 is 5.78 Å². The van der Waals surface area contributed by atoms with Gasteiger partial charge in [-0.1, -0.05) is 0 Å². The maximum absolute atomic E-state index is 10.9. The molecular formula is C10H20N2O3. The quantitative estimate of drug-likeness (QED) is 0.306. The summed E-state index contributed by atoms with van der Waals surface area (Å²) in [7, 11) is 0. The first kappa shape index (κ1) is 12.6. The molecule has 0 aliphatic carbocycles. The molecule has 1 saturated heterocycles. The number of nitrogens with one attached hydrogen (secondary N) is 2. The van der Waals surface area contributed by atoms with Crippen molar-refractivity contribution in [3.8, 4) is 0 Å². The summed E-state index contributed by atoms with van der Waals surface area (Å²) in [5.74, 6) is 0.320. The number of ketones is 1. The summed E-state index contributed by atoms with van der Waals surface area (Å²) in [4.78, 5) is 14.9. The van der Waals surface area contributed by atoms with E-state index in [9.17, 15) is 4.79 Å². The molecule has 1 fully saturated rings. The maximum atomic E-state index is 10.9. The molecule has 0 amide bonds. The normalized spacial score (nSPS) is 21.1. The van der Waals surface area contributed by atoms with Crippen molar-refractivity contribution < 1.29 is 14.9 Å². The standard InChI is InChI=1S/C10H20N2O3/c13-10-7-9(12-8-10)3-5-11-4-1-2-6-15-14/h9,11-12,14H,1-8H2. The third-order valence-electron chi connectivity index (χ3n) is 2.57. The lowest BCUT2D eigenvalue weighted by Gasteiger charge is -2.09. The number of hydrogen-bond donors (Lipinski definition) is 3. The summed E-state index contributed by atoms with van der Waals surface area (Å²) in [6, 6.07) is 0.366. The Morgan fingerprint density at radius 3 is 3.00 bits per heavy atom. The lowest BCUT2D eigenvalue weighted by molar-refractivity contribution is -0.242. The van der Waals surface area contributed by atoms with Gasteiger partial charge in [0.05, 0.1) is 13.2 Å². The van der Waals surface area contributed by atoms with Crippen molar-refractivity contribution in [3.63, 3.8) is 0 Å². The van der Waals surface area contributed by atoms with Gasteiger partial charge in [0.2, 0.25) is 0 Å². The zero-order valence-corrected chi connectivity index (χ0v) is 9.00. The molecule has 0 aromatic heterocycles. The second-order valence-electron chi connectivity index (χ2n) is 3.90. The van der Waals surface area contributed by atoms with E-state index in [-0.39, 0.29) is 0 Å². The van der Waals surface area contributed by atoms with Gasteiger partial charge in [0.1, 0.15) is 5.78 Å². The summed E-state index contributed by atoms with van der Waals surface area (Å²) < 4.78 is 0. The van der Waals surface area contributed by atoms with Crippen LogP contribution in [0.5, 0.6) is 0 Å². The van der Waals surface area contributed by atoms with E-state index in [2.05, 4.69) is 15.5 Å². The van der Waals surface area contributed by atoms with Crippen LogP contribution in [0.1, 0.15) is 25.7 Å². The molecule has 1 unspecified atom stereocenters. The largest absolute Gasteiger partial charge is 0.317 e. The average molecular weight is 216 g/mol. The summed E-state index contributed by atoms with van der Waals surface area (Å²) in [5, 5.41) is 14.5. The highest BCUT2D eigenvalue weighted by Gasteiger charge is 2.19. The zero-order valence-electron chi connectivity index (χ0n) is 9.00. The molecule has 1 rings (SSSR count). The lowest BCUT2D eigenvalue weighted by atomic mass is 10.1. The molecule has 1 atom stereocenters. The van der Waals surface area contributed by atoms with Gasteiger partial charge >= 0.3 is 0 Å². The van der Waals surface area contributed by atoms with E-state index in [0.29, 0.717) is 31.4 Å². The third kappa shape index (κ3) is 5.84. The molecule has 1 aliphatic rings. The van der Waals surface area contributed by atoms with Crippen LogP contribution in [0, 0.1) is 0 Å². The number of unbranched alkanes of at least 4 members (excludes halogenated alkanes) is 1. The fraction of sp³-hybridized carbons (Fsp3) is 0.900. The SMILES string of the molecule is O=C1CNC(CCNCCCCOO)C1. The van der Waals surface area contributed by atoms with Gasteiger partial charge in [-0.15, -0.1) is 0 Å². The highest BCUT2D eigenvalue weighted by Crippen LogP contribution is 2.04. The Morgan fingerprint density at radius 2 is 2.33 bits per heavy atom. The Bertz CT molecular complexity index is 188. The Balaban J connectivity index is 1.83. The number of hydrogen-bond acceptors (Lipinski definition) is 5. The number of rotatable bonds is 8. The molecule has 0 aromatic carbocycles. The van der Waals surface area contributed by atoms with Gasteiger partial charge in [0.25, 0.3) is 0 Å². The van der Waals surface area contributed by atoms with Crippen molar-refractivity contribution in [3.05, 3.63) is 0 Å². The molecule has 0 bridgehead atoms. The monoisotopic (exact) mass is 216 g/mol. The molecule has 5 heteroatoms. The van der Waals surface area contributed by atoms with Gasteiger partial charge in [-0.25, -0.2) is 4.89 Å². The van der Waals surface area contributed by atoms with Crippen LogP contribution in [-0.4, -0.2) is 43.3 Å². The Kier molecular flexibility index (Phi) is 6.50. The van der Waals surface area contributed by atoms with Gasteiger partial charge in [0, 0.05) is 12.5 Å². The van der Waals surface area contributed by atoms with Crippen molar-refractivity contribution in [1.29, 1.82) is 0 Å². The van der Waals surface area contributed by atoms with E-state index in [1.165, 1.54) is 0 Å². The molecule has 0 saturated carbocycles. The highest BCUT2D eigenvalue weighted by atomic mass is 17.1. The van der Waals surface area contributed by atoms with Crippen LogP contribution in [-0.2, 0) is 9.68 Å². The van der Waals surface area contributed by atoms with Crippen molar-refractivity contribution in [2.45, 2.75) is 31.7 Å². The van der Waals surface area contributed by atoms with Crippen LogP contribution in [0.15, 0.2) is 0 Å². The molecule has 0 spiro atoms. The van der Waals surface area contributed by atoms with E-state index in [1.807, 2.05) is 0 Å². The van der Waals surface area contributed by atoms with Gasteiger partial charge in [-0.05, 0) is 32.4 Å². The Morgan fingerprint density at radius 1 is 1.47 bits per heavy atom. The molecule has 0 radical (unpaired) electrons. The molecule has 88 valence electrons. The fourth-order valence-corrected chi connectivity index (χ4v) is 1.70. The lowest BCUT2D eigenvalue weighted by Crippen LogP contribution is -2.27. The van der Waals surface area contributed by atoms with Gasteiger partial charge < -0.3 is 10.6 Å². The molecule has 0 aromatic rings. The summed E-state index contributed by atoms with van der Waals surface area (Å²) in [5.41, 5.74) is 0. The topological polar surface area (TPSA) is 70.6 Å². The fourth-order valence-electron chi connectivity index (χ4n) is 1.70. The molecule has 1 aliphatic heterocycles. The molecule has 5 nitrogen and oxygen atoms in total. The number of Topliss-reactive ketones (excluding diaryl/α,β-unsaturated/α-hetero) is 1. The zero-order chi connectivity index (χ0) is 10.9. The number of carbonyl (C=O) groups is 1. The predicted molar refractivity (Wildman–Crippen MR) is 56.7 cm³/mol. The number of carbonyl (C=O) groups excluding carboxylic acids is 1. The first-order valence-corrected chi connectivity index (χ1v) is 5.55. The van der Waals surface area contributed by atoms with Gasteiger partial charge in [0.15, 0.2) is 0 Å². The Hall–Kier alpha value is -0.490. The minimum Gasteiger partial charge on any atom is -0.317 e. The summed E-state index contributed by atoms with van der Waals surface area (Å²) in [6.07, 6.45) is 3.55. The molecule has 1 heterocycles. The van der Waals surface area contributed by atoms with Crippen molar-refractivity contribution in [2.24, 2.45) is 0 Å². The summed E-state index contributed by atoms with van der Waals surface area (Å²) in [6.45, 7) is 2.81. The van der Waals surface area contributed by atoms with Crippen LogP contribution < -0.4 is 10.6 Å². The molecule has 15 heavy (non-hydrogen) atoms. The van der Waals surface area contributed by atoms with E-state index in [1.54, 1.807) is 0 Å². The van der Waals surface area contributed by atoms with Crippen LogP contribution in [0.2, 0.25) is 0 Å². The van der Waals surface area contributed by atoms with Crippen molar-refractivity contribution in [1.82, 2.24) is 10.6 Å². The van der Waals surface area contributed by atoms with Gasteiger partial charge in [-0.3, -0.25) is 10.1 Å². The van der Waals surface area contributed by atoms with Crippen LogP contribution in [0.3, 0.4) is 0 Å². The van der Waals surface area contributed by atoms with E-state index >= 15 is 0 Å². The molecular weight excluding hydrogens is 196 g/mol. The smallest absolute Gasteiger partial charge is 0.148 e. The Labute approximate surface area is 90.1 Å². The highest BCUT2D eigenvalue weighted by molar-refractivity contribution is 5.83. The van der Waals surface area contributed by atoms with E-state index in [0.717, 1.165) is 32.4 Å². The van der Waals surface area contributed by atoms with E-state index < -0.39 is 0 Å².